The monoisotopic (exact) mass is 357 g/mol. The molecule has 1 aromatic heterocycles. The van der Waals surface area contributed by atoms with E-state index >= 15 is 0 Å². The van der Waals surface area contributed by atoms with Crippen LogP contribution in [0.2, 0.25) is 4.47 Å². The van der Waals surface area contributed by atoms with E-state index in [2.05, 4.69) is 10.3 Å². The Hall–Kier alpha value is -2.37. The molecule has 3 rings (SSSR count). The zero-order valence-corrected chi connectivity index (χ0v) is 14.6. The highest BCUT2D eigenvalue weighted by atomic mass is 35.5. The number of anilines is 2. The molecule has 1 N–H and O–H groups in total. The molecule has 0 fully saturated rings. The van der Waals surface area contributed by atoms with Crippen LogP contribution < -0.4 is 10.2 Å². The van der Waals surface area contributed by atoms with Crippen LogP contribution in [0.15, 0.2) is 60.8 Å². The van der Waals surface area contributed by atoms with E-state index in [4.69, 9.17) is 11.6 Å². The maximum atomic E-state index is 12.6. The van der Waals surface area contributed by atoms with E-state index < -0.39 is 0 Å². The van der Waals surface area contributed by atoms with Crippen molar-refractivity contribution < 1.29 is 4.79 Å². The van der Waals surface area contributed by atoms with Gasteiger partial charge in [0.05, 0.1) is 6.54 Å². The van der Waals surface area contributed by atoms with Gasteiger partial charge >= 0.3 is 0 Å². The largest absolute Gasteiger partial charge is 0.380 e. The van der Waals surface area contributed by atoms with Crippen molar-refractivity contribution in [3.05, 3.63) is 75.7 Å². The standard InChI is InChI=1S/C18H16ClN3OS/c1-22(15-8-3-2-4-9-15)17(23)13-6-5-7-14(10-13)20-11-16-12-21-18(19)24-16/h2-10,12,20H,11H2,1H3. The van der Waals surface area contributed by atoms with Gasteiger partial charge in [0.15, 0.2) is 4.47 Å². The van der Waals surface area contributed by atoms with Crippen LogP contribution in [-0.2, 0) is 6.54 Å². The summed E-state index contributed by atoms with van der Waals surface area (Å²) < 4.78 is 0.528. The topological polar surface area (TPSA) is 45.2 Å². The van der Waals surface area contributed by atoms with E-state index in [1.54, 1.807) is 18.1 Å². The van der Waals surface area contributed by atoms with Crippen LogP contribution in [0, 0.1) is 0 Å². The lowest BCUT2D eigenvalue weighted by Crippen LogP contribution is -2.26. The van der Waals surface area contributed by atoms with Gasteiger partial charge in [-0.2, -0.15) is 0 Å². The average molecular weight is 358 g/mol. The average Bonchev–Trinajstić information content (AvgIpc) is 3.05. The predicted molar refractivity (Wildman–Crippen MR) is 100 cm³/mol. The molecule has 1 amide bonds. The van der Waals surface area contributed by atoms with Gasteiger partial charge in [-0.25, -0.2) is 4.98 Å². The molecule has 0 saturated carbocycles. The number of nitrogens with zero attached hydrogens (tertiary/aromatic N) is 2. The number of hydrogen-bond donors (Lipinski definition) is 1. The van der Waals surface area contributed by atoms with E-state index in [-0.39, 0.29) is 5.91 Å². The third-order valence-corrected chi connectivity index (χ3v) is 4.66. The first-order chi connectivity index (χ1) is 11.6. The van der Waals surface area contributed by atoms with Gasteiger partial charge in [0.1, 0.15) is 0 Å². The lowest BCUT2D eigenvalue weighted by molar-refractivity contribution is 0.0993. The van der Waals surface area contributed by atoms with Gasteiger partial charge < -0.3 is 10.2 Å². The number of benzene rings is 2. The molecule has 0 radical (unpaired) electrons. The molecule has 6 heteroatoms. The molecule has 2 aromatic carbocycles. The van der Waals surface area contributed by atoms with Crippen LogP contribution in [-0.4, -0.2) is 17.9 Å². The minimum absolute atomic E-state index is 0.0503. The van der Waals surface area contributed by atoms with Crippen molar-refractivity contribution in [3.63, 3.8) is 0 Å². The summed E-state index contributed by atoms with van der Waals surface area (Å²) in [6.45, 7) is 0.622. The number of amides is 1. The Balaban J connectivity index is 1.71. The second-order valence-electron chi connectivity index (χ2n) is 5.21. The lowest BCUT2D eigenvalue weighted by Gasteiger charge is -2.17. The molecule has 1 heterocycles. The molecule has 0 atom stereocenters. The highest BCUT2D eigenvalue weighted by molar-refractivity contribution is 7.15. The third-order valence-electron chi connectivity index (χ3n) is 3.55. The summed E-state index contributed by atoms with van der Waals surface area (Å²) in [5.74, 6) is -0.0503. The second-order valence-corrected chi connectivity index (χ2v) is 6.91. The van der Waals surface area contributed by atoms with Gasteiger partial charge in [0.2, 0.25) is 0 Å². The SMILES string of the molecule is CN(C(=O)c1cccc(NCc2cnc(Cl)s2)c1)c1ccccc1. The number of carbonyl (C=O) groups excluding carboxylic acids is 1. The Morgan fingerprint density at radius 1 is 1.21 bits per heavy atom. The number of hydrogen-bond acceptors (Lipinski definition) is 4. The molecule has 0 aliphatic heterocycles. The second kappa shape index (κ2) is 7.47. The number of aromatic nitrogens is 1. The molecule has 4 nitrogen and oxygen atoms in total. The van der Waals surface area contributed by atoms with Gasteiger partial charge in [-0.05, 0) is 30.3 Å². The number of para-hydroxylation sites is 1. The summed E-state index contributed by atoms with van der Waals surface area (Å²) >= 11 is 7.27. The Bertz CT molecular complexity index is 835. The first-order valence-corrected chi connectivity index (χ1v) is 8.60. The number of thiazole rings is 1. The van der Waals surface area contributed by atoms with Crippen molar-refractivity contribution in [3.8, 4) is 0 Å². The predicted octanol–water partition coefficient (Wildman–Crippen LogP) is 4.69. The number of nitrogens with one attached hydrogen (secondary N) is 1. The molecule has 0 bridgehead atoms. The normalized spacial score (nSPS) is 10.4. The van der Waals surface area contributed by atoms with Crippen LogP contribution in [0.4, 0.5) is 11.4 Å². The molecule has 0 saturated heterocycles. The fraction of sp³-hybridized carbons (Fsp3) is 0.111. The van der Waals surface area contributed by atoms with E-state index in [1.807, 2.05) is 54.6 Å². The van der Waals surface area contributed by atoms with Crippen LogP contribution in [0.5, 0.6) is 0 Å². The van der Waals surface area contributed by atoms with Crippen molar-refractivity contribution in [2.45, 2.75) is 6.54 Å². The van der Waals surface area contributed by atoms with Crippen LogP contribution in [0.25, 0.3) is 0 Å². The van der Waals surface area contributed by atoms with Crippen molar-refractivity contribution in [1.82, 2.24) is 4.98 Å². The van der Waals surface area contributed by atoms with E-state index in [0.717, 1.165) is 16.3 Å². The summed E-state index contributed by atoms with van der Waals surface area (Å²) in [6.07, 6.45) is 1.75. The maximum Gasteiger partial charge on any atom is 0.258 e. The van der Waals surface area contributed by atoms with Crippen LogP contribution in [0.3, 0.4) is 0 Å². The lowest BCUT2D eigenvalue weighted by atomic mass is 10.1. The van der Waals surface area contributed by atoms with Crippen molar-refractivity contribution in [2.24, 2.45) is 0 Å². The van der Waals surface area contributed by atoms with E-state index in [9.17, 15) is 4.79 Å². The van der Waals surface area contributed by atoms with Gasteiger partial charge in [0.25, 0.3) is 5.91 Å². The smallest absolute Gasteiger partial charge is 0.258 e. The van der Waals surface area contributed by atoms with Crippen molar-refractivity contribution >= 4 is 40.2 Å². The number of halogens is 1. The fourth-order valence-electron chi connectivity index (χ4n) is 2.28. The fourth-order valence-corrected chi connectivity index (χ4v) is 3.20. The molecule has 0 aliphatic rings. The minimum Gasteiger partial charge on any atom is -0.380 e. The zero-order chi connectivity index (χ0) is 16.9. The summed E-state index contributed by atoms with van der Waals surface area (Å²) in [7, 11) is 1.77. The molecular formula is C18H16ClN3OS. The molecule has 24 heavy (non-hydrogen) atoms. The summed E-state index contributed by atoms with van der Waals surface area (Å²) in [5, 5.41) is 3.29. The maximum absolute atomic E-state index is 12.6. The molecular weight excluding hydrogens is 342 g/mol. The Morgan fingerprint density at radius 3 is 2.71 bits per heavy atom. The Kier molecular flexibility index (Phi) is 5.13. The van der Waals surface area contributed by atoms with E-state index in [1.165, 1.54) is 11.3 Å². The van der Waals surface area contributed by atoms with Crippen LogP contribution >= 0.6 is 22.9 Å². The quantitative estimate of drug-likeness (QED) is 0.720. The van der Waals surface area contributed by atoms with Gasteiger partial charge in [-0.15, -0.1) is 11.3 Å². The van der Waals surface area contributed by atoms with Gasteiger partial charge in [-0.3, -0.25) is 4.79 Å². The molecule has 0 unspecified atom stereocenters. The molecule has 122 valence electrons. The molecule has 0 spiro atoms. The van der Waals surface area contributed by atoms with E-state index in [0.29, 0.717) is 16.6 Å². The van der Waals surface area contributed by atoms with Crippen molar-refractivity contribution in [2.75, 3.05) is 17.3 Å². The highest BCUT2D eigenvalue weighted by Crippen LogP contribution is 2.20. The Morgan fingerprint density at radius 2 is 2.00 bits per heavy atom. The number of carbonyl (C=O) groups is 1. The van der Waals surface area contributed by atoms with Gasteiger partial charge in [0, 0.05) is 35.1 Å². The summed E-state index contributed by atoms with van der Waals surface area (Å²) in [5.41, 5.74) is 2.38. The first-order valence-electron chi connectivity index (χ1n) is 7.41. The molecule has 0 aliphatic carbocycles. The summed E-state index contributed by atoms with van der Waals surface area (Å²) in [4.78, 5) is 19.3. The Labute approximate surface area is 149 Å². The molecule has 3 aromatic rings. The highest BCUT2D eigenvalue weighted by Gasteiger charge is 2.13. The van der Waals surface area contributed by atoms with Crippen LogP contribution in [0.1, 0.15) is 15.2 Å². The number of rotatable bonds is 5. The van der Waals surface area contributed by atoms with Crippen molar-refractivity contribution in [1.29, 1.82) is 0 Å². The van der Waals surface area contributed by atoms with Gasteiger partial charge in [-0.1, -0.05) is 35.9 Å². The minimum atomic E-state index is -0.0503. The first kappa shape index (κ1) is 16.5. The summed E-state index contributed by atoms with van der Waals surface area (Å²) in [6, 6.07) is 17.0. The third kappa shape index (κ3) is 3.93. The zero-order valence-electron chi connectivity index (χ0n) is 13.1.